The zero-order valence-corrected chi connectivity index (χ0v) is 12.8. The third-order valence-corrected chi connectivity index (χ3v) is 6.26. The van der Waals surface area contributed by atoms with E-state index < -0.39 is 10.0 Å². The first-order valence-electron chi connectivity index (χ1n) is 6.95. The van der Waals surface area contributed by atoms with E-state index in [-0.39, 0.29) is 16.9 Å². The van der Waals surface area contributed by atoms with Crippen LogP contribution in [-0.2, 0) is 16.6 Å². The first kappa shape index (κ1) is 14.3. The van der Waals surface area contributed by atoms with Crippen molar-refractivity contribution < 1.29 is 8.42 Å². The summed E-state index contributed by atoms with van der Waals surface area (Å²) in [5.41, 5.74) is 6.46. The summed E-state index contributed by atoms with van der Waals surface area (Å²) < 4.78 is 27.4. The van der Waals surface area contributed by atoms with Crippen molar-refractivity contribution in [1.29, 1.82) is 0 Å². The summed E-state index contributed by atoms with van der Waals surface area (Å²) in [5.74, 6) is 0.732. The Balaban J connectivity index is 1.74. The molecular formula is C14H19ClN2O2S. The molecule has 0 aliphatic heterocycles. The van der Waals surface area contributed by atoms with Crippen LogP contribution in [0.3, 0.4) is 0 Å². The van der Waals surface area contributed by atoms with Gasteiger partial charge in [-0.1, -0.05) is 11.6 Å². The van der Waals surface area contributed by atoms with E-state index in [2.05, 4.69) is 4.72 Å². The first-order chi connectivity index (χ1) is 9.47. The number of benzene rings is 1. The van der Waals surface area contributed by atoms with Crippen LogP contribution in [0.1, 0.15) is 31.2 Å². The quantitative estimate of drug-likeness (QED) is 0.846. The molecule has 2 aliphatic carbocycles. The molecule has 3 N–H and O–H groups in total. The van der Waals surface area contributed by atoms with Gasteiger partial charge < -0.3 is 5.73 Å². The van der Waals surface area contributed by atoms with Gasteiger partial charge >= 0.3 is 0 Å². The van der Waals surface area contributed by atoms with Gasteiger partial charge in [0.2, 0.25) is 10.0 Å². The number of sulfonamides is 1. The highest BCUT2D eigenvalue weighted by molar-refractivity contribution is 7.89. The highest BCUT2D eigenvalue weighted by atomic mass is 35.5. The molecule has 1 aromatic rings. The average Bonchev–Trinajstić information content (AvgIpc) is 3.28. The molecule has 3 rings (SSSR count). The van der Waals surface area contributed by atoms with Crippen LogP contribution in [0.2, 0.25) is 5.02 Å². The van der Waals surface area contributed by atoms with E-state index in [0.29, 0.717) is 17.1 Å². The van der Waals surface area contributed by atoms with Crippen LogP contribution in [-0.4, -0.2) is 15.0 Å². The van der Waals surface area contributed by atoms with Crippen LogP contribution in [0.4, 0.5) is 0 Å². The van der Waals surface area contributed by atoms with Crippen LogP contribution in [0.5, 0.6) is 0 Å². The van der Waals surface area contributed by atoms with Crippen molar-refractivity contribution in [2.75, 3.05) is 6.54 Å². The Bertz CT molecular complexity index is 622. The minimum atomic E-state index is -3.47. The largest absolute Gasteiger partial charge is 0.326 e. The van der Waals surface area contributed by atoms with Crippen molar-refractivity contribution in [2.45, 2.75) is 37.1 Å². The molecule has 0 bridgehead atoms. The fourth-order valence-electron chi connectivity index (χ4n) is 2.78. The molecule has 0 aromatic heterocycles. The minimum Gasteiger partial charge on any atom is -0.326 e. The molecule has 2 fully saturated rings. The Hall–Kier alpha value is -0.620. The van der Waals surface area contributed by atoms with Crippen molar-refractivity contribution >= 4 is 21.6 Å². The number of halogens is 1. The Morgan fingerprint density at radius 2 is 2.05 bits per heavy atom. The predicted molar refractivity (Wildman–Crippen MR) is 78.9 cm³/mol. The highest BCUT2D eigenvalue weighted by Gasteiger charge is 2.53. The van der Waals surface area contributed by atoms with E-state index in [4.69, 9.17) is 17.3 Å². The number of nitrogens with one attached hydrogen (secondary N) is 1. The predicted octanol–water partition coefficient (Wildman–Crippen LogP) is 2.27. The lowest BCUT2D eigenvalue weighted by molar-refractivity contribution is 0.432. The fraction of sp³-hybridized carbons (Fsp3) is 0.571. The topological polar surface area (TPSA) is 72.2 Å². The minimum absolute atomic E-state index is 0.230. The van der Waals surface area contributed by atoms with Gasteiger partial charge in [-0.3, -0.25) is 0 Å². The van der Waals surface area contributed by atoms with Gasteiger partial charge in [-0.25, -0.2) is 13.1 Å². The molecule has 0 saturated heterocycles. The lowest BCUT2D eigenvalue weighted by Gasteiger charge is -2.15. The lowest BCUT2D eigenvalue weighted by atomic mass is 10.0. The Kier molecular flexibility index (Phi) is 3.57. The van der Waals surface area contributed by atoms with Crippen molar-refractivity contribution in [1.82, 2.24) is 4.72 Å². The molecule has 2 aliphatic rings. The number of hydrogen-bond acceptors (Lipinski definition) is 3. The summed E-state index contributed by atoms with van der Waals surface area (Å²) in [4.78, 5) is 0.244. The summed E-state index contributed by atoms with van der Waals surface area (Å²) in [6, 6.07) is 4.67. The van der Waals surface area contributed by atoms with Gasteiger partial charge in [0.05, 0.1) is 4.90 Å². The second-order valence-electron chi connectivity index (χ2n) is 5.92. The number of rotatable bonds is 6. The summed E-state index contributed by atoms with van der Waals surface area (Å²) in [5, 5.41) is 0.503. The smallest absolute Gasteiger partial charge is 0.240 e. The SMILES string of the molecule is NCc1cc(S(=O)(=O)NCC2(C3CC3)CC2)ccc1Cl. The van der Waals surface area contributed by atoms with Crippen LogP contribution in [0.15, 0.2) is 23.1 Å². The van der Waals surface area contributed by atoms with Gasteiger partial charge in [0.25, 0.3) is 0 Å². The maximum Gasteiger partial charge on any atom is 0.240 e. The normalized spacial score (nSPS) is 20.9. The highest BCUT2D eigenvalue weighted by Crippen LogP contribution is 2.60. The molecule has 0 amide bonds. The van der Waals surface area contributed by atoms with Crippen LogP contribution < -0.4 is 10.5 Å². The van der Waals surface area contributed by atoms with Crippen molar-refractivity contribution in [3.05, 3.63) is 28.8 Å². The van der Waals surface area contributed by atoms with Crippen molar-refractivity contribution in [2.24, 2.45) is 17.1 Å². The number of hydrogen-bond donors (Lipinski definition) is 2. The van der Waals surface area contributed by atoms with E-state index in [0.717, 1.165) is 18.8 Å². The lowest BCUT2D eigenvalue weighted by Crippen LogP contribution is -2.31. The fourth-order valence-corrected chi connectivity index (χ4v) is 4.17. The van der Waals surface area contributed by atoms with Gasteiger partial charge in [-0.05, 0) is 60.8 Å². The number of nitrogens with two attached hydrogens (primary N) is 1. The van der Waals surface area contributed by atoms with Gasteiger partial charge in [-0.15, -0.1) is 0 Å². The Labute approximate surface area is 124 Å². The van der Waals surface area contributed by atoms with Gasteiger partial charge in [0.1, 0.15) is 0 Å². The second kappa shape index (κ2) is 4.98. The zero-order chi connectivity index (χ0) is 14.4. The molecule has 6 heteroatoms. The molecule has 2 saturated carbocycles. The van der Waals surface area contributed by atoms with Crippen LogP contribution in [0, 0.1) is 11.3 Å². The van der Waals surface area contributed by atoms with E-state index >= 15 is 0 Å². The monoisotopic (exact) mass is 314 g/mol. The van der Waals surface area contributed by atoms with Gasteiger partial charge in [-0.2, -0.15) is 0 Å². The third-order valence-electron chi connectivity index (χ3n) is 4.50. The van der Waals surface area contributed by atoms with Gasteiger partial charge in [0, 0.05) is 18.1 Å². The standard InChI is InChI=1S/C14H19ClN2O2S/c15-13-4-3-12(7-10(13)8-16)20(18,19)17-9-14(5-6-14)11-1-2-11/h3-4,7,11,17H,1-2,5-6,8-9,16H2. The summed E-state index contributed by atoms with van der Waals surface area (Å²) in [7, 11) is -3.47. The Morgan fingerprint density at radius 1 is 1.35 bits per heavy atom. The molecular weight excluding hydrogens is 296 g/mol. The molecule has 110 valence electrons. The average molecular weight is 315 g/mol. The third kappa shape index (κ3) is 2.72. The van der Waals surface area contributed by atoms with E-state index in [1.54, 1.807) is 12.1 Å². The Morgan fingerprint density at radius 3 is 2.60 bits per heavy atom. The van der Waals surface area contributed by atoms with Crippen LogP contribution in [0.25, 0.3) is 0 Å². The summed E-state index contributed by atoms with van der Waals surface area (Å²) >= 11 is 5.96. The second-order valence-corrected chi connectivity index (χ2v) is 8.09. The summed E-state index contributed by atoms with van der Waals surface area (Å²) in [6.45, 7) is 0.786. The van der Waals surface area contributed by atoms with E-state index in [1.807, 2.05) is 0 Å². The van der Waals surface area contributed by atoms with Crippen molar-refractivity contribution in [3.63, 3.8) is 0 Å². The maximum absolute atomic E-state index is 12.3. The maximum atomic E-state index is 12.3. The molecule has 0 heterocycles. The molecule has 0 spiro atoms. The van der Waals surface area contributed by atoms with E-state index in [9.17, 15) is 8.42 Å². The van der Waals surface area contributed by atoms with E-state index in [1.165, 1.54) is 18.9 Å². The first-order valence-corrected chi connectivity index (χ1v) is 8.81. The molecule has 0 radical (unpaired) electrons. The molecule has 0 atom stereocenters. The molecule has 1 aromatic carbocycles. The molecule has 20 heavy (non-hydrogen) atoms. The van der Waals surface area contributed by atoms with Crippen molar-refractivity contribution in [3.8, 4) is 0 Å². The zero-order valence-electron chi connectivity index (χ0n) is 11.2. The summed E-state index contributed by atoms with van der Waals surface area (Å²) in [6.07, 6.45) is 4.80. The van der Waals surface area contributed by atoms with Gasteiger partial charge in [0.15, 0.2) is 0 Å². The molecule has 4 nitrogen and oxygen atoms in total. The molecule has 0 unspecified atom stereocenters. The van der Waals surface area contributed by atoms with Crippen LogP contribution >= 0.6 is 11.6 Å².